The van der Waals surface area contributed by atoms with Crippen LogP contribution in [0, 0.1) is 0 Å². The first-order chi connectivity index (χ1) is 4.79. The van der Waals surface area contributed by atoms with Gasteiger partial charge in [-0.1, -0.05) is 13.8 Å². The molecule has 0 amide bonds. The summed E-state index contributed by atoms with van der Waals surface area (Å²) in [6.07, 6.45) is 3.22. The van der Waals surface area contributed by atoms with Crippen LogP contribution in [0.15, 0.2) is 17.0 Å². The van der Waals surface area contributed by atoms with Crippen molar-refractivity contribution in [2.75, 3.05) is 0 Å². The molecule has 1 heterocycles. The molecule has 1 aliphatic heterocycles. The summed E-state index contributed by atoms with van der Waals surface area (Å²) in [6.45, 7) is 5.84. The molecule has 0 aromatic carbocycles. The molecule has 1 rings (SSSR count). The van der Waals surface area contributed by atoms with Gasteiger partial charge in [0.2, 0.25) is 5.95 Å². The van der Waals surface area contributed by atoms with Gasteiger partial charge in [0.1, 0.15) is 0 Å². The fraction of sp³-hybridized carbons (Fsp3) is 0.625. The summed E-state index contributed by atoms with van der Waals surface area (Å²) in [5.41, 5.74) is 0.894. The van der Waals surface area contributed by atoms with Gasteiger partial charge in [-0.3, -0.25) is 0 Å². The van der Waals surface area contributed by atoms with Crippen molar-refractivity contribution in [2.45, 2.75) is 33.6 Å². The molecule has 1 nitrogen and oxygen atoms in total. The highest BCUT2D eigenvalue weighted by Crippen LogP contribution is 2.10. The summed E-state index contributed by atoms with van der Waals surface area (Å²) >= 11 is 0. The lowest BCUT2D eigenvalue weighted by Gasteiger charge is -2.00. The van der Waals surface area contributed by atoms with Crippen LogP contribution in [0.4, 0.5) is 4.39 Å². The van der Waals surface area contributed by atoms with Crippen molar-refractivity contribution in [1.82, 2.24) is 0 Å². The van der Waals surface area contributed by atoms with E-state index >= 15 is 0 Å². The molecule has 0 unspecified atom stereocenters. The summed E-state index contributed by atoms with van der Waals surface area (Å²) in [4.78, 5) is 3.59. The topological polar surface area (TPSA) is 12.4 Å². The Kier molecular flexibility index (Phi) is 4.81. The molecule has 0 saturated carbocycles. The minimum Gasteiger partial charge on any atom is -0.230 e. The Bertz CT molecular complexity index is 147. The number of hydrogen-bond acceptors (Lipinski definition) is 1. The fourth-order valence-electron chi connectivity index (χ4n) is 0.684. The van der Waals surface area contributed by atoms with Crippen LogP contribution in [-0.4, -0.2) is 5.71 Å². The molecule has 0 aromatic heterocycles. The minimum atomic E-state index is -0.325. The van der Waals surface area contributed by atoms with Gasteiger partial charge in [-0.05, 0) is 25.8 Å². The van der Waals surface area contributed by atoms with Gasteiger partial charge >= 0.3 is 0 Å². The van der Waals surface area contributed by atoms with Crippen molar-refractivity contribution in [3.8, 4) is 0 Å². The highest BCUT2D eigenvalue weighted by atomic mass is 19.1. The molecule has 0 atom stereocenters. The van der Waals surface area contributed by atoms with E-state index in [2.05, 4.69) is 4.99 Å². The average molecular weight is 143 g/mol. The lowest BCUT2D eigenvalue weighted by Crippen LogP contribution is -1.94. The zero-order valence-corrected chi connectivity index (χ0v) is 6.82. The summed E-state index contributed by atoms with van der Waals surface area (Å²) in [5, 5.41) is 0. The second kappa shape index (κ2) is 5.15. The Hall–Kier alpha value is -0.660. The van der Waals surface area contributed by atoms with E-state index in [1.165, 1.54) is 6.08 Å². The predicted octanol–water partition coefficient (Wildman–Crippen LogP) is 3.08. The monoisotopic (exact) mass is 143 g/mol. The number of halogens is 1. The minimum absolute atomic E-state index is 0.325. The Balaban J connectivity index is 0.000000371. The fourth-order valence-corrected chi connectivity index (χ4v) is 0.684. The maximum Gasteiger partial charge on any atom is 0.208 e. The Labute approximate surface area is 61.7 Å². The molecule has 0 radical (unpaired) electrons. The van der Waals surface area contributed by atoms with Crippen LogP contribution < -0.4 is 0 Å². The molecule has 0 aromatic rings. The third-order valence-electron chi connectivity index (χ3n) is 1.12. The quantitative estimate of drug-likeness (QED) is 0.462. The van der Waals surface area contributed by atoms with Crippen LogP contribution in [-0.2, 0) is 0 Å². The SMILES string of the molecule is CC.CC1=NC(F)=CCC1. The molecule has 2 heteroatoms. The van der Waals surface area contributed by atoms with E-state index in [0.29, 0.717) is 0 Å². The molecule has 10 heavy (non-hydrogen) atoms. The molecular formula is C8H14FN. The largest absolute Gasteiger partial charge is 0.230 e. The van der Waals surface area contributed by atoms with Crippen molar-refractivity contribution in [3.63, 3.8) is 0 Å². The average Bonchev–Trinajstić information content (AvgIpc) is 1.91. The van der Waals surface area contributed by atoms with E-state index in [1.807, 2.05) is 20.8 Å². The third-order valence-corrected chi connectivity index (χ3v) is 1.12. The van der Waals surface area contributed by atoms with E-state index in [0.717, 1.165) is 18.6 Å². The number of nitrogens with zero attached hydrogens (tertiary/aromatic N) is 1. The first-order valence-electron chi connectivity index (χ1n) is 3.69. The van der Waals surface area contributed by atoms with E-state index < -0.39 is 0 Å². The maximum atomic E-state index is 12.1. The summed E-state index contributed by atoms with van der Waals surface area (Å²) < 4.78 is 12.1. The normalized spacial score (nSPS) is 16.4. The van der Waals surface area contributed by atoms with Gasteiger partial charge in [-0.2, -0.15) is 4.39 Å². The molecule has 0 spiro atoms. The van der Waals surface area contributed by atoms with Crippen molar-refractivity contribution in [3.05, 3.63) is 12.0 Å². The first-order valence-corrected chi connectivity index (χ1v) is 3.69. The Morgan fingerprint density at radius 2 is 2.10 bits per heavy atom. The standard InChI is InChI=1S/C6H8FN.C2H6/c1-5-3-2-4-6(7)8-5;1-2/h4H,2-3H2,1H3;1-2H3. The zero-order valence-electron chi connectivity index (χ0n) is 6.82. The van der Waals surface area contributed by atoms with Gasteiger partial charge in [0.05, 0.1) is 0 Å². The van der Waals surface area contributed by atoms with Crippen molar-refractivity contribution in [2.24, 2.45) is 4.99 Å². The predicted molar refractivity (Wildman–Crippen MR) is 42.9 cm³/mol. The van der Waals surface area contributed by atoms with Gasteiger partial charge in [0.15, 0.2) is 0 Å². The summed E-state index contributed by atoms with van der Waals surface area (Å²) in [7, 11) is 0. The van der Waals surface area contributed by atoms with Crippen molar-refractivity contribution in [1.29, 1.82) is 0 Å². The van der Waals surface area contributed by atoms with E-state index in [1.54, 1.807) is 0 Å². The number of hydrogen-bond donors (Lipinski definition) is 0. The highest BCUT2D eigenvalue weighted by Gasteiger charge is 1.99. The highest BCUT2D eigenvalue weighted by molar-refractivity contribution is 5.83. The number of aliphatic imine (C=N–C) groups is 1. The van der Waals surface area contributed by atoms with Crippen molar-refractivity contribution < 1.29 is 4.39 Å². The van der Waals surface area contributed by atoms with Gasteiger partial charge in [-0.25, -0.2) is 4.99 Å². The van der Waals surface area contributed by atoms with Crippen molar-refractivity contribution >= 4 is 5.71 Å². The molecular weight excluding hydrogens is 129 g/mol. The lowest BCUT2D eigenvalue weighted by molar-refractivity contribution is 0.614. The van der Waals surface area contributed by atoms with Gasteiger partial charge in [0.25, 0.3) is 0 Å². The molecule has 58 valence electrons. The smallest absolute Gasteiger partial charge is 0.208 e. The maximum absolute atomic E-state index is 12.1. The molecule has 0 saturated heterocycles. The number of rotatable bonds is 0. The van der Waals surface area contributed by atoms with Crippen LogP contribution in [0.3, 0.4) is 0 Å². The second-order valence-corrected chi connectivity index (χ2v) is 1.91. The van der Waals surface area contributed by atoms with Crippen LogP contribution in [0.2, 0.25) is 0 Å². The molecule has 0 N–H and O–H groups in total. The Morgan fingerprint density at radius 3 is 2.40 bits per heavy atom. The van der Waals surface area contributed by atoms with Crippen LogP contribution >= 0.6 is 0 Å². The lowest BCUT2D eigenvalue weighted by atomic mass is 10.2. The van der Waals surface area contributed by atoms with Crippen LogP contribution in [0.1, 0.15) is 33.6 Å². The summed E-state index contributed by atoms with van der Waals surface area (Å²) in [6, 6.07) is 0. The first kappa shape index (κ1) is 9.34. The van der Waals surface area contributed by atoms with E-state index in [4.69, 9.17) is 0 Å². The molecule has 0 bridgehead atoms. The van der Waals surface area contributed by atoms with Gasteiger partial charge in [-0.15, -0.1) is 0 Å². The molecule has 1 aliphatic rings. The van der Waals surface area contributed by atoms with Crippen LogP contribution in [0.5, 0.6) is 0 Å². The van der Waals surface area contributed by atoms with Crippen LogP contribution in [0.25, 0.3) is 0 Å². The Morgan fingerprint density at radius 1 is 1.50 bits per heavy atom. The third kappa shape index (κ3) is 3.38. The molecule has 0 aliphatic carbocycles. The van der Waals surface area contributed by atoms with E-state index in [-0.39, 0.29) is 5.95 Å². The van der Waals surface area contributed by atoms with Gasteiger partial charge < -0.3 is 0 Å². The summed E-state index contributed by atoms with van der Waals surface area (Å²) in [5.74, 6) is -0.325. The zero-order chi connectivity index (χ0) is 7.98. The second-order valence-electron chi connectivity index (χ2n) is 1.91. The van der Waals surface area contributed by atoms with Gasteiger partial charge in [0, 0.05) is 5.71 Å². The van der Waals surface area contributed by atoms with E-state index in [9.17, 15) is 4.39 Å². The molecule has 0 fully saturated rings. The number of allylic oxidation sites excluding steroid dienone is 1.